The summed E-state index contributed by atoms with van der Waals surface area (Å²) >= 11 is 0. The number of aryl methyl sites for hydroxylation is 1. The Bertz CT molecular complexity index is 525. The lowest BCUT2D eigenvalue weighted by atomic mass is 9.80. The second-order valence-corrected chi connectivity index (χ2v) is 6.97. The zero-order valence-corrected chi connectivity index (χ0v) is 13.1. The minimum absolute atomic E-state index is 0.111. The van der Waals surface area contributed by atoms with Crippen molar-refractivity contribution in [3.05, 3.63) is 12.2 Å². The van der Waals surface area contributed by atoms with Crippen LogP contribution in [0.25, 0.3) is 0 Å². The summed E-state index contributed by atoms with van der Waals surface area (Å²) in [5.74, 6) is 1.50. The van der Waals surface area contributed by atoms with E-state index >= 15 is 0 Å². The first-order valence-corrected chi connectivity index (χ1v) is 7.69. The van der Waals surface area contributed by atoms with E-state index in [1.54, 1.807) is 10.9 Å². The molecule has 2 atom stereocenters. The monoisotopic (exact) mass is 292 g/mol. The predicted octanol–water partition coefficient (Wildman–Crippen LogP) is 1.37. The molecule has 116 valence electrons. The number of amides is 1. The number of hydrogen-bond acceptors (Lipinski definition) is 4. The molecule has 0 spiro atoms. The normalized spacial score (nSPS) is 27.1. The van der Waals surface area contributed by atoms with E-state index in [0.29, 0.717) is 18.6 Å². The van der Waals surface area contributed by atoms with Crippen molar-refractivity contribution in [1.29, 1.82) is 0 Å². The zero-order chi connectivity index (χ0) is 15.0. The van der Waals surface area contributed by atoms with Crippen LogP contribution in [0.2, 0.25) is 0 Å². The van der Waals surface area contributed by atoms with E-state index in [2.05, 4.69) is 24.0 Å². The number of carbonyl (C=O) groups is 1. The van der Waals surface area contributed by atoms with Crippen LogP contribution in [0.5, 0.6) is 0 Å². The van der Waals surface area contributed by atoms with Crippen LogP contribution in [-0.2, 0) is 23.2 Å². The number of ether oxygens (including phenoxy) is 1. The molecule has 21 heavy (non-hydrogen) atoms. The molecule has 1 aliphatic heterocycles. The standard InChI is InChI=1S/C15H24N4O2/c1-15(2)9-19(12-6-4-5-11(12)15)14(20)8-21-7-13-17-16-10-18(13)3/h10-12H,4-9H2,1-3H3/t11-,12+/m1/s1. The predicted molar refractivity (Wildman–Crippen MR) is 77.3 cm³/mol. The zero-order valence-electron chi connectivity index (χ0n) is 13.1. The van der Waals surface area contributed by atoms with Crippen LogP contribution in [-0.4, -0.2) is 44.8 Å². The molecule has 1 aromatic heterocycles. The Morgan fingerprint density at radius 3 is 3.00 bits per heavy atom. The maximum absolute atomic E-state index is 12.4. The second kappa shape index (κ2) is 5.40. The van der Waals surface area contributed by atoms with Crippen LogP contribution in [0, 0.1) is 11.3 Å². The number of nitrogens with zero attached hydrogens (tertiary/aromatic N) is 4. The second-order valence-electron chi connectivity index (χ2n) is 6.97. The van der Waals surface area contributed by atoms with Crippen LogP contribution in [0.15, 0.2) is 6.33 Å². The van der Waals surface area contributed by atoms with Gasteiger partial charge in [0.25, 0.3) is 0 Å². The van der Waals surface area contributed by atoms with Crippen LogP contribution in [0.4, 0.5) is 0 Å². The molecule has 1 aromatic rings. The van der Waals surface area contributed by atoms with Gasteiger partial charge in [0.05, 0.1) is 0 Å². The van der Waals surface area contributed by atoms with Gasteiger partial charge in [-0.05, 0) is 24.2 Å². The molecule has 3 rings (SSSR count). The average Bonchev–Trinajstić information content (AvgIpc) is 3.09. The number of carbonyl (C=O) groups excluding carboxylic acids is 1. The molecular formula is C15H24N4O2. The molecule has 1 amide bonds. The van der Waals surface area contributed by atoms with E-state index < -0.39 is 0 Å². The summed E-state index contributed by atoms with van der Waals surface area (Å²) in [6, 6.07) is 0.422. The van der Waals surface area contributed by atoms with Crippen LogP contribution < -0.4 is 0 Å². The Morgan fingerprint density at radius 2 is 2.29 bits per heavy atom. The molecule has 2 aliphatic rings. The summed E-state index contributed by atoms with van der Waals surface area (Å²) in [4.78, 5) is 14.5. The highest BCUT2D eigenvalue weighted by Gasteiger charge is 2.50. The molecule has 2 fully saturated rings. The van der Waals surface area contributed by atoms with Gasteiger partial charge in [0.2, 0.25) is 5.91 Å². The van der Waals surface area contributed by atoms with Gasteiger partial charge in [-0.15, -0.1) is 10.2 Å². The Hall–Kier alpha value is -1.43. The van der Waals surface area contributed by atoms with Gasteiger partial charge in [0.15, 0.2) is 5.82 Å². The van der Waals surface area contributed by atoms with Crippen LogP contribution in [0.3, 0.4) is 0 Å². The van der Waals surface area contributed by atoms with Gasteiger partial charge < -0.3 is 14.2 Å². The Kier molecular flexibility index (Phi) is 3.73. The van der Waals surface area contributed by atoms with Gasteiger partial charge in [-0.1, -0.05) is 20.3 Å². The van der Waals surface area contributed by atoms with E-state index in [0.717, 1.165) is 18.8 Å². The number of hydrogen-bond donors (Lipinski definition) is 0. The van der Waals surface area contributed by atoms with E-state index in [1.165, 1.54) is 12.8 Å². The van der Waals surface area contributed by atoms with Crippen LogP contribution >= 0.6 is 0 Å². The molecule has 0 N–H and O–H groups in total. The molecule has 2 heterocycles. The van der Waals surface area contributed by atoms with Gasteiger partial charge >= 0.3 is 0 Å². The topological polar surface area (TPSA) is 60.2 Å². The fourth-order valence-electron chi connectivity index (χ4n) is 3.92. The number of rotatable bonds is 4. The molecule has 1 saturated carbocycles. The first-order chi connectivity index (χ1) is 9.99. The van der Waals surface area contributed by atoms with Crippen molar-refractivity contribution in [2.75, 3.05) is 13.2 Å². The summed E-state index contributed by atoms with van der Waals surface area (Å²) in [5.41, 5.74) is 0.237. The molecule has 1 saturated heterocycles. The molecule has 0 unspecified atom stereocenters. The third-order valence-corrected chi connectivity index (χ3v) is 5.04. The van der Waals surface area contributed by atoms with Gasteiger partial charge in [-0.25, -0.2) is 0 Å². The van der Waals surface area contributed by atoms with Crippen molar-refractivity contribution >= 4 is 5.91 Å². The smallest absolute Gasteiger partial charge is 0.248 e. The highest BCUT2D eigenvalue weighted by molar-refractivity contribution is 5.78. The average molecular weight is 292 g/mol. The van der Waals surface area contributed by atoms with E-state index in [9.17, 15) is 4.79 Å². The highest BCUT2D eigenvalue weighted by Crippen LogP contribution is 2.48. The molecule has 0 radical (unpaired) electrons. The van der Waals surface area contributed by atoms with Crippen molar-refractivity contribution < 1.29 is 9.53 Å². The maximum Gasteiger partial charge on any atom is 0.248 e. The summed E-state index contributed by atoms with van der Waals surface area (Å²) in [6.45, 7) is 5.88. The summed E-state index contributed by atoms with van der Waals surface area (Å²) in [7, 11) is 1.87. The lowest BCUT2D eigenvalue weighted by Crippen LogP contribution is -2.38. The van der Waals surface area contributed by atoms with E-state index in [1.807, 2.05) is 11.9 Å². The van der Waals surface area contributed by atoms with E-state index in [4.69, 9.17) is 4.74 Å². The van der Waals surface area contributed by atoms with Gasteiger partial charge in [0.1, 0.15) is 19.5 Å². The number of aromatic nitrogens is 3. The first-order valence-electron chi connectivity index (χ1n) is 7.69. The molecule has 6 nitrogen and oxygen atoms in total. The van der Waals surface area contributed by atoms with Gasteiger partial charge in [0, 0.05) is 19.6 Å². The third-order valence-electron chi connectivity index (χ3n) is 5.04. The fraction of sp³-hybridized carbons (Fsp3) is 0.800. The maximum atomic E-state index is 12.4. The fourth-order valence-corrected chi connectivity index (χ4v) is 3.92. The first kappa shape index (κ1) is 14.5. The molecular weight excluding hydrogens is 268 g/mol. The number of likely N-dealkylation sites (tertiary alicyclic amines) is 1. The van der Waals surface area contributed by atoms with Crippen molar-refractivity contribution in [2.24, 2.45) is 18.4 Å². The quantitative estimate of drug-likeness (QED) is 0.841. The van der Waals surface area contributed by atoms with Crippen molar-refractivity contribution in [1.82, 2.24) is 19.7 Å². The van der Waals surface area contributed by atoms with Crippen molar-refractivity contribution in [3.8, 4) is 0 Å². The molecule has 0 aromatic carbocycles. The SMILES string of the molecule is Cn1cnnc1COCC(=O)N1CC(C)(C)[C@@H]2CCC[C@@H]21. The number of fused-ring (bicyclic) bond motifs is 1. The minimum Gasteiger partial charge on any atom is -0.364 e. The summed E-state index contributed by atoms with van der Waals surface area (Å²) in [6.07, 6.45) is 5.26. The van der Waals surface area contributed by atoms with Gasteiger partial charge in [-0.2, -0.15) is 0 Å². The largest absolute Gasteiger partial charge is 0.364 e. The Labute approximate surface area is 125 Å². The van der Waals surface area contributed by atoms with E-state index in [-0.39, 0.29) is 17.9 Å². The Balaban J connectivity index is 1.55. The summed E-state index contributed by atoms with van der Waals surface area (Å²) in [5, 5.41) is 7.75. The van der Waals surface area contributed by atoms with Crippen LogP contribution in [0.1, 0.15) is 38.9 Å². The highest BCUT2D eigenvalue weighted by atomic mass is 16.5. The minimum atomic E-state index is 0.111. The molecule has 1 aliphatic carbocycles. The molecule has 6 heteroatoms. The lowest BCUT2D eigenvalue weighted by Gasteiger charge is -2.24. The van der Waals surface area contributed by atoms with Crippen molar-refractivity contribution in [2.45, 2.75) is 45.8 Å². The van der Waals surface area contributed by atoms with Gasteiger partial charge in [-0.3, -0.25) is 4.79 Å². The molecule has 0 bridgehead atoms. The van der Waals surface area contributed by atoms with Crippen molar-refractivity contribution in [3.63, 3.8) is 0 Å². The Morgan fingerprint density at radius 1 is 1.48 bits per heavy atom. The summed E-state index contributed by atoms with van der Waals surface area (Å²) < 4.78 is 7.34. The lowest BCUT2D eigenvalue weighted by molar-refractivity contribution is -0.137. The third kappa shape index (κ3) is 2.69.